The summed E-state index contributed by atoms with van der Waals surface area (Å²) in [5, 5.41) is 1.71. The number of ether oxygens (including phenoxy) is 2. The van der Waals surface area contributed by atoms with E-state index in [4.69, 9.17) is 9.47 Å². The Morgan fingerprint density at radius 2 is 2.00 bits per heavy atom. The number of carbonyl (C=O) groups excluding carboxylic acids is 3. The minimum Gasteiger partial charge on any atom is -0.460 e. The monoisotopic (exact) mass is 358 g/mol. The molecule has 1 saturated carbocycles. The zero-order valence-electron chi connectivity index (χ0n) is 14.6. The van der Waals surface area contributed by atoms with Crippen molar-refractivity contribution in [3.8, 4) is 0 Å². The van der Waals surface area contributed by atoms with Gasteiger partial charge in [-0.2, -0.15) is 0 Å². The molecule has 0 saturated heterocycles. The van der Waals surface area contributed by atoms with Gasteiger partial charge in [0.25, 0.3) is 5.78 Å². The second-order valence-corrected chi connectivity index (χ2v) is 6.28. The van der Waals surface area contributed by atoms with Gasteiger partial charge in [0.15, 0.2) is 5.78 Å². The summed E-state index contributed by atoms with van der Waals surface area (Å²) >= 11 is 0. The zero-order valence-corrected chi connectivity index (χ0v) is 14.6. The molecule has 1 fully saturated rings. The zero-order chi connectivity index (χ0) is 18.5. The number of hydrazine groups is 1. The van der Waals surface area contributed by atoms with Crippen LogP contribution in [-0.2, 0) is 30.5 Å². The van der Waals surface area contributed by atoms with E-state index in [9.17, 15) is 14.4 Å². The molecule has 1 aromatic carbocycles. The molecule has 0 amide bonds. The van der Waals surface area contributed by atoms with E-state index in [0.717, 1.165) is 5.56 Å². The molecule has 2 atom stereocenters. The highest BCUT2D eigenvalue weighted by molar-refractivity contribution is 6.39. The van der Waals surface area contributed by atoms with E-state index >= 15 is 0 Å². The fraction of sp³-hybridized carbons (Fsp3) is 0.421. The Morgan fingerprint density at radius 3 is 2.73 bits per heavy atom. The summed E-state index contributed by atoms with van der Waals surface area (Å²) in [6, 6.07) is 9.65. The van der Waals surface area contributed by atoms with Crippen molar-refractivity contribution < 1.29 is 23.9 Å². The Morgan fingerprint density at radius 1 is 1.23 bits per heavy atom. The van der Waals surface area contributed by atoms with Crippen LogP contribution in [0.25, 0.3) is 0 Å². The lowest BCUT2D eigenvalue weighted by Gasteiger charge is -2.26. The average molecular weight is 358 g/mol. The first kappa shape index (κ1) is 18.3. The highest BCUT2D eigenvalue weighted by Crippen LogP contribution is 2.30. The second kappa shape index (κ2) is 8.25. The van der Waals surface area contributed by atoms with Crippen LogP contribution in [0.4, 0.5) is 0 Å². The molecule has 0 bridgehead atoms. The van der Waals surface area contributed by atoms with Gasteiger partial charge in [-0.15, -0.1) is 0 Å². The van der Waals surface area contributed by atoms with Crippen molar-refractivity contribution in [2.75, 3.05) is 13.3 Å². The molecule has 138 valence electrons. The third kappa shape index (κ3) is 4.00. The van der Waals surface area contributed by atoms with Crippen molar-refractivity contribution in [1.29, 1.82) is 0 Å². The molecule has 7 heteroatoms. The number of hydrogen-bond donors (Lipinski definition) is 1. The van der Waals surface area contributed by atoms with Crippen molar-refractivity contribution in [3.05, 3.63) is 47.7 Å². The van der Waals surface area contributed by atoms with E-state index < -0.39 is 17.7 Å². The number of benzene rings is 1. The van der Waals surface area contributed by atoms with Crippen molar-refractivity contribution in [2.24, 2.45) is 5.92 Å². The molecule has 7 nitrogen and oxygen atoms in total. The number of ketones is 2. The fourth-order valence-corrected chi connectivity index (χ4v) is 3.19. The number of rotatable bonds is 7. The number of hydrogen-bond acceptors (Lipinski definition) is 7. The fourth-order valence-electron chi connectivity index (χ4n) is 3.19. The molecule has 1 aromatic rings. The summed E-state index contributed by atoms with van der Waals surface area (Å²) in [4.78, 5) is 36.3. The third-order valence-corrected chi connectivity index (χ3v) is 4.47. The van der Waals surface area contributed by atoms with Gasteiger partial charge in [-0.3, -0.25) is 14.6 Å². The summed E-state index contributed by atoms with van der Waals surface area (Å²) in [6.45, 7) is 2.48. The second-order valence-electron chi connectivity index (χ2n) is 6.28. The minimum absolute atomic E-state index is 0.116. The van der Waals surface area contributed by atoms with Crippen LogP contribution in [0, 0.1) is 5.92 Å². The van der Waals surface area contributed by atoms with Gasteiger partial charge in [-0.25, -0.2) is 10.2 Å². The Bertz CT molecular complexity index is 716. The lowest BCUT2D eigenvalue weighted by atomic mass is 9.80. The summed E-state index contributed by atoms with van der Waals surface area (Å²) in [6.07, 6.45) is 2.61. The summed E-state index contributed by atoms with van der Waals surface area (Å²) in [5.41, 5.74) is 4.77. The Hall–Kier alpha value is -2.51. The van der Waals surface area contributed by atoms with Gasteiger partial charge in [-0.05, 0) is 25.3 Å². The molecule has 2 unspecified atom stereocenters. The van der Waals surface area contributed by atoms with Crippen LogP contribution in [0.1, 0.15) is 25.3 Å². The number of fused-ring (bicyclic) bond motifs is 1. The summed E-state index contributed by atoms with van der Waals surface area (Å²) < 4.78 is 10.4. The maximum absolute atomic E-state index is 12.6. The number of nitrogens with one attached hydrogen (secondary N) is 1. The molecule has 0 radical (unpaired) electrons. The normalized spacial score (nSPS) is 22.0. The molecule has 1 aliphatic carbocycles. The molecular weight excluding hydrogens is 336 g/mol. The molecule has 1 heterocycles. The van der Waals surface area contributed by atoms with Crippen LogP contribution in [0.5, 0.6) is 0 Å². The first-order valence-corrected chi connectivity index (χ1v) is 8.71. The predicted octanol–water partition coefficient (Wildman–Crippen LogP) is 1.34. The van der Waals surface area contributed by atoms with E-state index in [0.29, 0.717) is 25.0 Å². The summed E-state index contributed by atoms with van der Waals surface area (Å²) in [5.74, 6) is -2.94. The lowest BCUT2D eigenvalue weighted by molar-refractivity contribution is -0.156. The number of carbonyl (C=O) groups is 3. The number of Topliss-reactive ketones (excluding diaryl/α,β-unsaturated/α-hetero) is 2. The molecule has 0 aromatic heterocycles. The van der Waals surface area contributed by atoms with Gasteiger partial charge in [0.2, 0.25) is 0 Å². The SMILES string of the molecule is CCOC(=O)C(=O)C1CCC2NN(COCc3ccccc3)C=C2C1=O. The maximum Gasteiger partial charge on any atom is 0.375 e. The molecule has 1 aliphatic heterocycles. The lowest BCUT2D eigenvalue weighted by Crippen LogP contribution is -2.44. The first-order valence-electron chi connectivity index (χ1n) is 8.71. The van der Waals surface area contributed by atoms with Crippen LogP contribution < -0.4 is 5.43 Å². The van der Waals surface area contributed by atoms with E-state index in [2.05, 4.69) is 5.43 Å². The van der Waals surface area contributed by atoms with Crippen LogP contribution in [0.3, 0.4) is 0 Å². The van der Waals surface area contributed by atoms with Gasteiger partial charge in [-0.1, -0.05) is 30.3 Å². The van der Waals surface area contributed by atoms with Gasteiger partial charge in [0.05, 0.1) is 25.2 Å². The Balaban J connectivity index is 1.57. The van der Waals surface area contributed by atoms with Crippen LogP contribution in [-0.4, -0.2) is 41.9 Å². The van der Waals surface area contributed by atoms with E-state index in [1.807, 2.05) is 30.3 Å². The van der Waals surface area contributed by atoms with E-state index in [1.165, 1.54) is 0 Å². The smallest absolute Gasteiger partial charge is 0.375 e. The Kier molecular flexibility index (Phi) is 5.80. The third-order valence-electron chi connectivity index (χ3n) is 4.47. The number of nitrogens with zero attached hydrogens (tertiary/aromatic N) is 1. The molecule has 2 aliphatic rings. The van der Waals surface area contributed by atoms with Gasteiger partial charge in [0.1, 0.15) is 6.73 Å². The van der Waals surface area contributed by atoms with Crippen molar-refractivity contribution in [3.63, 3.8) is 0 Å². The standard InChI is InChI=1S/C19H22N2O5/c1-2-26-19(24)18(23)14-8-9-16-15(17(14)22)10-21(20-16)12-25-11-13-6-4-3-5-7-13/h3-7,10,14,16,20H,2,8-9,11-12H2,1H3. The number of esters is 1. The molecule has 0 spiro atoms. The molecule has 26 heavy (non-hydrogen) atoms. The first-order chi connectivity index (χ1) is 12.6. The van der Waals surface area contributed by atoms with E-state index in [1.54, 1.807) is 18.1 Å². The molecule has 3 rings (SSSR count). The van der Waals surface area contributed by atoms with Crippen LogP contribution >= 0.6 is 0 Å². The van der Waals surface area contributed by atoms with E-state index in [-0.39, 0.29) is 25.2 Å². The Labute approximate surface area is 151 Å². The van der Waals surface area contributed by atoms with Crippen LogP contribution in [0.2, 0.25) is 0 Å². The average Bonchev–Trinajstić information content (AvgIpc) is 3.06. The highest BCUT2D eigenvalue weighted by atomic mass is 16.5. The van der Waals surface area contributed by atoms with Crippen molar-refractivity contribution in [1.82, 2.24) is 10.4 Å². The quantitative estimate of drug-likeness (QED) is 0.447. The van der Waals surface area contributed by atoms with Crippen LogP contribution in [0.15, 0.2) is 42.1 Å². The molecule has 1 N–H and O–H groups in total. The predicted molar refractivity (Wildman–Crippen MR) is 92.3 cm³/mol. The maximum atomic E-state index is 12.6. The van der Waals surface area contributed by atoms with Crippen molar-refractivity contribution >= 4 is 17.5 Å². The van der Waals surface area contributed by atoms with Gasteiger partial charge < -0.3 is 9.47 Å². The van der Waals surface area contributed by atoms with Crippen molar-refractivity contribution in [2.45, 2.75) is 32.4 Å². The largest absolute Gasteiger partial charge is 0.460 e. The van der Waals surface area contributed by atoms with Gasteiger partial charge >= 0.3 is 5.97 Å². The summed E-state index contributed by atoms with van der Waals surface area (Å²) in [7, 11) is 0. The van der Waals surface area contributed by atoms with Gasteiger partial charge in [0, 0.05) is 11.8 Å². The highest BCUT2D eigenvalue weighted by Gasteiger charge is 2.43. The molecular formula is C19H22N2O5. The topological polar surface area (TPSA) is 84.9 Å². The minimum atomic E-state index is -0.941.